The summed E-state index contributed by atoms with van der Waals surface area (Å²) in [7, 11) is 1.63. The summed E-state index contributed by atoms with van der Waals surface area (Å²) in [5, 5.41) is 14.4. The van der Waals surface area contributed by atoms with Crippen molar-refractivity contribution >= 4 is 5.69 Å². The highest BCUT2D eigenvalue weighted by molar-refractivity contribution is 5.48. The third-order valence-corrected chi connectivity index (χ3v) is 3.58. The molecule has 1 aromatic rings. The maximum Gasteiger partial charge on any atom is 0.311 e. The number of nitro groups is 1. The molecule has 1 aliphatic rings. The molecule has 110 valence electrons. The maximum absolute atomic E-state index is 11.1. The number of nitrogens with zero attached hydrogens (tertiary/aromatic N) is 1. The SMILES string of the molecule is CCNC1CC(Oc2ccc(C)cc2[N+](=O)[O-])C1OC. The van der Waals surface area contributed by atoms with Crippen molar-refractivity contribution < 1.29 is 14.4 Å². The number of nitrogens with one attached hydrogen (secondary N) is 1. The van der Waals surface area contributed by atoms with Gasteiger partial charge in [0, 0.05) is 25.6 Å². The Morgan fingerprint density at radius 3 is 2.85 bits per heavy atom. The van der Waals surface area contributed by atoms with Gasteiger partial charge in [0.1, 0.15) is 12.2 Å². The third kappa shape index (κ3) is 2.91. The van der Waals surface area contributed by atoms with E-state index in [1.807, 2.05) is 19.9 Å². The standard InChI is InChI=1S/C14H20N2O4/c1-4-15-10-8-13(14(10)19-3)20-12-6-5-9(2)7-11(12)16(17)18/h5-7,10,13-15H,4,8H2,1-3H3. The van der Waals surface area contributed by atoms with Crippen LogP contribution in [0.1, 0.15) is 18.9 Å². The summed E-state index contributed by atoms with van der Waals surface area (Å²) in [6, 6.07) is 5.24. The van der Waals surface area contributed by atoms with Gasteiger partial charge < -0.3 is 14.8 Å². The number of nitro benzene ring substituents is 1. The van der Waals surface area contributed by atoms with Crippen molar-refractivity contribution in [3.8, 4) is 5.75 Å². The largest absolute Gasteiger partial charge is 0.481 e. The second-order valence-corrected chi connectivity index (χ2v) is 4.98. The lowest BCUT2D eigenvalue weighted by molar-refractivity contribution is -0.386. The van der Waals surface area contributed by atoms with Crippen molar-refractivity contribution in [3.05, 3.63) is 33.9 Å². The van der Waals surface area contributed by atoms with Gasteiger partial charge in [-0.1, -0.05) is 13.0 Å². The zero-order chi connectivity index (χ0) is 14.7. The van der Waals surface area contributed by atoms with Crippen LogP contribution >= 0.6 is 0 Å². The van der Waals surface area contributed by atoms with Crippen molar-refractivity contribution in [1.82, 2.24) is 5.32 Å². The molecule has 2 rings (SSSR count). The van der Waals surface area contributed by atoms with Crippen LogP contribution in [0.2, 0.25) is 0 Å². The number of rotatable bonds is 6. The number of aryl methyl sites for hydroxylation is 1. The molecule has 1 aromatic carbocycles. The normalized spacial score (nSPS) is 25.1. The van der Waals surface area contributed by atoms with Crippen LogP contribution in [0.15, 0.2) is 18.2 Å². The number of likely N-dealkylation sites (N-methyl/N-ethyl adjacent to an activating group) is 1. The molecule has 0 spiro atoms. The monoisotopic (exact) mass is 280 g/mol. The highest BCUT2D eigenvalue weighted by Crippen LogP contribution is 2.34. The molecule has 0 amide bonds. The van der Waals surface area contributed by atoms with Crippen LogP contribution < -0.4 is 10.1 Å². The van der Waals surface area contributed by atoms with E-state index in [4.69, 9.17) is 9.47 Å². The Hall–Kier alpha value is -1.66. The molecule has 1 fully saturated rings. The molecular formula is C14H20N2O4. The lowest BCUT2D eigenvalue weighted by Crippen LogP contribution is -2.60. The van der Waals surface area contributed by atoms with E-state index in [1.165, 1.54) is 6.07 Å². The van der Waals surface area contributed by atoms with E-state index < -0.39 is 4.92 Å². The zero-order valence-corrected chi connectivity index (χ0v) is 12.0. The average molecular weight is 280 g/mol. The molecule has 6 heteroatoms. The first kappa shape index (κ1) is 14.7. The first-order chi connectivity index (χ1) is 9.56. The molecule has 0 heterocycles. The van der Waals surface area contributed by atoms with Gasteiger partial charge in [-0.3, -0.25) is 10.1 Å². The Morgan fingerprint density at radius 2 is 2.25 bits per heavy atom. The van der Waals surface area contributed by atoms with Crippen molar-refractivity contribution in [2.45, 2.75) is 38.5 Å². The lowest BCUT2D eigenvalue weighted by atomic mass is 9.85. The molecule has 0 bridgehead atoms. The molecule has 3 atom stereocenters. The molecule has 1 saturated carbocycles. The fraction of sp³-hybridized carbons (Fsp3) is 0.571. The Labute approximate surface area is 118 Å². The molecule has 20 heavy (non-hydrogen) atoms. The summed E-state index contributed by atoms with van der Waals surface area (Å²) in [5.41, 5.74) is 0.846. The molecule has 3 unspecified atom stereocenters. The molecule has 1 aliphatic carbocycles. The number of hydrogen-bond acceptors (Lipinski definition) is 5. The van der Waals surface area contributed by atoms with E-state index >= 15 is 0 Å². The summed E-state index contributed by atoms with van der Waals surface area (Å²) >= 11 is 0. The molecule has 0 aliphatic heterocycles. The summed E-state index contributed by atoms with van der Waals surface area (Å²) < 4.78 is 11.2. The van der Waals surface area contributed by atoms with Gasteiger partial charge in [-0.2, -0.15) is 0 Å². The van der Waals surface area contributed by atoms with Crippen LogP contribution in [0.25, 0.3) is 0 Å². The fourth-order valence-electron chi connectivity index (χ4n) is 2.51. The second kappa shape index (κ2) is 6.19. The van der Waals surface area contributed by atoms with E-state index in [9.17, 15) is 10.1 Å². The van der Waals surface area contributed by atoms with E-state index in [1.54, 1.807) is 13.2 Å². The van der Waals surface area contributed by atoms with Crippen LogP contribution in [-0.2, 0) is 4.74 Å². The van der Waals surface area contributed by atoms with E-state index in [0.29, 0.717) is 5.75 Å². The number of hydrogen-bond donors (Lipinski definition) is 1. The van der Waals surface area contributed by atoms with Gasteiger partial charge in [-0.25, -0.2) is 0 Å². The zero-order valence-electron chi connectivity index (χ0n) is 12.0. The predicted octanol–water partition coefficient (Wildman–Crippen LogP) is 2.05. The smallest absolute Gasteiger partial charge is 0.311 e. The van der Waals surface area contributed by atoms with Crippen LogP contribution in [0.4, 0.5) is 5.69 Å². The van der Waals surface area contributed by atoms with E-state index in [-0.39, 0.29) is 23.9 Å². The lowest BCUT2D eigenvalue weighted by Gasteiger charge is -2.43. The van der Waals surface area contributed by atoms with Crippen molar-refractivity contribution in [2.75, 3.05) is 13.7 Å². The maximum atomic E-state index is 11.1. The van der Waals surface area contributed by atoms with Gasteiger partial charge in [0.05, 0.1) is 4.92 Å². The van der Waals surface area contributed by atoms with Crippen molar-refractivity contribution in [1.29, 1.82) is 0 Å². The van der Waals surface area contributed by atoms with Crippen LogP contribution in [-0.4, -0.2) is 36.8 Å². The minimum absolute atomic E-state index is 0.00625. The Balaban J connectivity index is 2.09. The van der Waals surface area contributed by atoms with E-state index in [0.717, 1.165) is 18.5 Å². The van der Waals surface area contributed by atoms with Gasteiger partial charge in [-0.05, 0) is 25.1 Å². The molecule has 1 N–H and O–H groups in total. The van der Waals surface area contributed by atoms with Gasteiger partial charge in [0.25, 0.3) is 0 Å². The molecule has 0 radical (unpaired) electrons. The number of benzene rings is 1. The first-order valence-corrected chi connectivity index (χ1v) is 6.74. The number of ether oxygens (including phenoxy) is 2. The average Bonchev–Trinajstić information content (AvgIpc) is 2.39. The highest BCUT2D eigenvalue weighted by Gasteiger charge is 2.43. The first-order valence-electron chi connectivity index (χ1n) is 6.74. The van der Waals surface area contributed by atoms with Gasteiger partial charge in [0.15, 0.2) is 5.75 Å². The van der Waals surface area contributed by atoms with Crippen LogP contribution in [0.3, 0.4) is 0 Å². The predicted molar refractivity (Wildman–Crippen MR) is 75.1 cm³/mol. The fourth-order valence-corrected chi connectivity index (χ4v) is 2.51. The van der Waals surface area contributed by atoms with Gasteiger partial charge in [-0.15, -0.1) is 0 Å². The third-order valence-electron chi connectivity index (χ3n) is 3.58. The molecule has 0 aromatic heterocycles. The van der Waals surface area contributed by atoms with Crippen molar-refractivity contribution in [2.24, 2.45) is 0 Å². The number of methoxy groups -OCH3 is 1. The summed E-state index contributed by atoms with van der Waals surface area (Å²) in [6.45, 7) is 4.72. The Morgan fingerprint density at radius 1 is 1.50 bits per heavy atom. The van der Waals surface area contributed by atoms with E-state index in [2.05, 4.69) is 5.32 Å². The summed E-state index contributed by atoms with van der Waals surface area (Å²) in [5.74, 6) is 0.308. The second-order valence-electron chi connectivity index (χ2n) is 4.98. The topological polar surface area (TPSA) is 73.6 Å². The Bertz CT molecular complexity index is 492. The minimum Gasteiger partial charge on any atom is -0.481 e. The minimum atomic E-state index is -0.412. The molecular weight excluding hydrogens is 260 g/mol. The summed E-state index contributed by atoms with van der Waals surface area (Å²) in [4.78, 5) is 10.6. The van der Waals surface area contributed by atoms with Crippen molar-refractivity contribution in [3.63, 3.8) is 0 Å². The van der Waals surface area contributed by atoms with Crippen LogP contribution in [0, 0.1) is 17.0 Å². The quantitative estimate of drug-likeness (QED) is 0.637. The van der Waals surface area contributed by atoms with Gasteiger partial charge in [0.2, 0.25) is 0 Å². The summed E-state index contributed by atoms with van der Waals surface area (Å²) in [6.07, 6.45) is 0.568. The van der Waals surface area contributed by atoms with Crippen LogP contribution in [0.5, 0.6) is 5.75 Å². The van der Waals surface area contributed by atoms with Gasteiger partial charge >= 0.3 is 5.69 Å². The molecule has 6 nitrogen and oxygen atoms in total. The molecule has 0 saturated heterocycles. The Kier molecular flexibility index (Phi) is 4.57. The highest BCUT2D eigenvalue weighted by atomic mass is 16.6.